The minimum absolute atomic E-state index is 0.243. The van der Waals surface area contributed by atoms with E-state index in [1.165, 1.54) is 0 Å². The van der Waals surface area contributed by atoms with Crippen molar-refractivity contribution in [3.63, 3.8) is 0 Å². The molecule has 0 aromatic carbocycles. The molecule has 0 saturated carbocycles. The third kappa shape index (κ3) is 3.61. The van der Waals surface area contributed by atoms with E-state index in [0.29, 0.717) is 0 Å². The van der Waals surface area contributed by atoms with Gasteiger partial charge in [-0.2, -0.15) is 0 Å². The second-order valence-electron chi connectivity index (χ2n) is 3.60. The molecule has 1 fully saturated rings. The lowest BCUT2D eigenvalue weighted by molar-refractivity contribution is 0.0222. The SMILES string of the molecule is C[O+]1[SiH2-][O+](C)[SiH2-][O+](C)[SiH2-][O+](C)[SiH2-]1. The molecule has 0 amide bonds. The minimum Gasteiger partial charge on any atom is -0.785 e. The van der Waals surface area contributed by atoms with Gasteiger partial charge in [0.1, 0.15) is 0 Å². The summed E-state index contributed by atoms with van der Waals surface area (Å²) in [7, 11) is 7.77. The van der Waals surface area contributed by atoms with Crippen LogP contribution in [-0.2, 0) is 15.0 Å². The van der Waals surface area contributed by atoms with E-state index in [-0.39, 0.29) is 40.0 Å². The van der Waals surface area contributed by atoms with Crippen LogP contribution in [0.5, 0.6) is 0 Å². The predicted molar refractivity (Wildman–Crippen MR) is 62.2 cm³/mol. The molecule has 1 aliphatic heterocycles. The van der Waals surface area contributed by atoms with Crippen LogP contribution in [-0.4, -0.2) is 68.5 Å². The summed E-state index contributed by atoms with van der Waals surface area (Å²) in [6, 6.07) is 0. The molecule has 0 spiro atoms. The zero-order chi connectivity index (χ0) is 9.14. The lowest BCUT2D eigenvalue weighted by atomic mass is 11.8. The summed E-state index contributed by atoms with van der Waals surface area (Å²) in [6.45, 7) is 0. The van der Waals surface area contributed by atoms with Gasteiger partial charge in [-0.15, -0.1) is 0 Å². The molecule has 1 aliphatic rings. The van der Waals surface area contributed by atoms with Crippen molar-refractivity contribution < 1.29 is 15.0 Å². The average molecular weight is 245 g/mol. The van der Waals surface area contributed by atoms with Crippen LogP contribution in [0.25, 0.3) is 0 Å². The van der Waals surface area contributed by atoms with E-state index in [2.05, 4.69) is 43.4 Å². The van der Waals surface area contributed by atoms with Gasteiger partial charge in [-0.1, -0.05) is 0 Å². The van der Waals surface area contributed by atoms with Gasteiger partial charge in [-0.25, -0.2) is 0 Å². The second kappa shape index (κ2) is 4.81. The fourth-order valence-corrected chi connectivity index (χ4v) is 15.0. The van der Waals surface area contributed by atoms with Crippen LogP contribution in [0.3, 0.4) is 0 Å². The average Bonchev–Trinajstić information content (AvgIpc) is 1.81. The zero-order valence-electron chi connectivity index (χ0n) is 8.46. The van der Waals surface area contributed by atoms with Crippen molar-refractivity contribution in [2.24, 2.45) is 0 Å². The Balaban J connectivity index is 2.45. The Labute approximate surface area is 83.8 Å². The summed E-state index contributed by atoms with van der Waals surface area (Å²) in [5.41, 5.74) is 0. The molecule has 0 atom stereocenters. The highest BCUT2D eigenvalue weighted by atomic mass is 28.4. The third-order valence-corrected chi connectivity index (χ3v) is 8.83. The topological polar surface area (TPSA) is 10.8 Å². The van der Waals surface area contributed by atoms with Gasteiger partial charge in [0, 0.05) is 0 Å². The van der Waals surface area contributed by atoms with Crippen LogP contribution in [0.4, 0.5) is 0 Å². The molecular weight excluding hydrogens is 224 g/mol. The first-order valence-corrected chi connectivity index (χ1v) is 8.56. The van der Waals surface area contributed by atoms with Crippen molar-refractivity contribution >= 4 is 40.0 Å². The molecule has 0 unspecified atom stereocenters. The Kier molecular flexibility index (Phi) is 4.32. The smallest absolute Gasteiger partial charge is 0.433 e. The minimum atomic E-state index is -0.243. The van der Waals surface area contributed by atoms with E-state index >= 15 is 0 Å². The zero-order valence-corrected chi connectivity index (χ0v) is 14.1. The van der Waals surface area contributed by atoms with Crippen LogP contribution in [0, 0.1) is 0 Å². The van der Waals surface area contributed by atoms with Gasteiger partial charge in [0.05, 0.1) is 28.4 Å². The first-order chi connectivity index (χ1) is 5.58. The summed E-state index contributed by atoms with van der Waals surface area (Å²) in [5, 5.41) is 0. The van der Waals surface area contributed by atoms with E-state index in [1.807, 2.05) is 0 Å². The molecule has 76 valence electrons. The van der Waals surface area contributed by atoms with Crippen molar-refractivity contribution in [2.45, 2.75) is 0 Å². The summed E-state index contributed by atoms with van der Waals surface area (Å²) < 4.78 is 13.3. The molecule has 1 saturated heterocycles. The number of hydrogen-bond donors (Lipinski definition) is 0. The van der Waals surface area contributed by atoms with Gasteiger partial charge in [-0.05, 0) is 0 Å². The molecule has 12 heavy (non-hydrogen) atoms. The molecule has 4 nitrogen and oxygen atoms in total. The maximum Gasteiger partial charge on any atom is 0.433 e. The van der Waals surface area contributed by atoms with Crippen molar-refractivity contribution in [3.8, 4) is 0 Å². The van der Waals surface area contributed by atoms with Gasteiger partial charge < -0.3 is 15.0 Å². The summed E-state index contributed by atoms with van der Waals surface area (Å²) in [6.07, 6.45) is 0. The number of rotatable bonds is 0. The van der Waals surface area contributed by atoms with Gasteiger partial charge >= 0.3 is 40.0 Å². The van der Waals surface area contributed by atoms with Crippen LogP contribution >= 0.6 is 0 Å². The standard InChI is InChI=1S/C4H20O4Si4/c1-5-9-6(2)11-8(4)12-7(3)10-5/h9-12H2,1-4H3. The summed E-state index contributed by atoms with van der Waals surface area (Å²) in [4.78, 5) is 0. The maximum absolute atomic E-state index is 3.34. The molecule has 0 N–H and O–H groups in total. The van der Waals surface area contributed by atoms with E-state index in [0.717, 1.165) is 0 Å². The van der Waals surface area contributed by atoms with E-state index in [9.17, 15) is 0 Å². The Bertz CT molecular complexity index is 107. The molecule has 8 heteroatoms. The van der Waals surface area contributed by atoms with Crippen molar-refractivity contribution in [2.75, 3.05) is 28.4 Å². The van der Waals surface area contributed by atoms with Crippen molar-refractivity contribution in [1.82, 2.24) is 0 Å². The van der Waals surface area contributed by atoms with E-state index < -0.39 is 0 Å². The van der Waals surface area contributed by atoms with Gasteiger partial charge in [0.25, 0.3) is 0 Å². The Hall–Kier alpha value is 0.708. The van der Waals surface area contributed by atoms with E-state index in [4.69, 9.17) is 0 Å². The lowest BCUT2D eigenvalue weighted by Gasteiger charge is -2.52. The van der Waals surface area contributed by atoms with Crippen molar-refractivity contribution in [3.05, 3.63) is 0 Å². The molecule has 0 aromatic heterocycles. The van der Waals surface area contributed by atoms with Gasteiger partial charge in [-0.3, -0.25) is 0 Å². The fourth-order valence-electron chi connectivity index (χ4n) is 1.51. The molecule has 0 radical (unpaired) electrons. The number of hydrogen-bond acceptors (Lipinski definition) is 0. The maximum atomic E-state index is 3.34. The Morgan fingerprint density at radius 1 is 0.500 bits per heavy atom. The largest absolute Gasteiger partial charge is 0.785 e. The van der Waals surface area contributed by atoms with Crippen LogP contribution < -0.4 is 0 Å². The Morgan fingerprint density at radius 2 is 0.667 bits per heavy atom. The molecule has 0 bridgehead atoms. The summed E-state index contributed by atoms with van der Waals surface area (Å²) in [5.74, 6) is 0. The molecular formula is C4H20O4Si4. The molecule has 0 aliphatic carbocycles. The molecule has 1 heterocycles. The fraction of sp³-hybridized carbons (Fsp3) is 1.00. The molecule has 0 aromatic rings. The lowest BCUT2D eigenvalue weighted by Crippen LogP contribution is -2.45. The van der Waals surface area contributed by atoms with E-state index in [1.54, 1.807) is 0 Å². The first kappa shape index (κ1) is 10.8. The third-order valence-electron chi connectivity index (χ3n) is 1.61. The Morgan fingerprint density at radius 3 is 0.833 bits per heavy atom. The van der Waals surface area contributed by atoms with Gasteiger partial charge in [0.2, 0.25) is 0 Å². The second-order valence-corrected chi connectivity index (χ2v) is 15.7. The highest BCUT2D eigenvalue weighted by Gasteiger charge is 2.11. The normalized spacial score (nSPS) is 35.0. The van der Waals surface area contributed by atoms with Gasteiger partial charge in [0.15, 0.2) is 0 Å². The molecule has 1 rings (SSSR count). The van der Waals surface area contributed by atoms with Crippen molar-refractivity contribution in [1.29, 1.82) is 0 Å². The van der Waals surface area contributed by atoms with Crippen LogP contribution in [0.2, 0.25) is 0 Å². The highest BCUT2D eigenvalue weighted by Crippen LogP contribution is 2.04. The quantitative estimate of drug-likeness (QED) is 0.313. The predicted octanol–water partition coefficient (Wildman–Crippen LogP) is -3.28. The van der Waals surface area contributed by atoms with Crippen LogP contribution in [0.1, 0.15) is 0 Å². The first-order valence-electron chi connectivity index (χ1n) is 3.94. The highest BCUT2D eigenvalue weighted by molar-refractivity contribution is 6.53. The summed E-state index contributed by atoms with van der Waals surface area (Å²) >= 11 is 0. The monoisotopic (exact) mass is 244 g/mol. The van der Waals surface area contributed by atoms with Crippen LogP contribution in [0.15, 0.2) is 0 Å².